The van der Waals surface area contributed by atoms with Crippen LogP contribution in [0.2, 0.25) is 0 Å². The van der Waals surface area contributed by atoms with E-state index in [2.05, 4.69) is 30.5 Å². The second-order valence-corrected chi connectivity index (χ2v) is 12.1. The molecular weight excluding hydrogens is 562 g/mol. The number of alkyl halides is 3. The number of nitrogens with zero attached hydrogens (tertiary/aromatic N) is 3. The van der Waals surface area contributed by atoms with Gasteiger partial charge in [0.2, 0.25) is 0 Å². The molecule has 1 aromatic carbocycles. The predicted octanol–water partition coefficient (Wildman–Crippen LogP) is 8.17. The molecule has 0 spiro atoms. The van der Waals surface area contributed by atoms with Crippen molar-refractivity contribution < 1.29 is 17.1 Å². The number of fused-ring (bicyclic) bond motifs is 1. The van der Waals surface area contributed by atoms with Gasteiger partial charge in [-0.15, -0.1) is 0 Å². The second-order valence-electron chi connectivity index (χ2n) is 11.8. The van der Waals surface area contributed by atoms with Gasteiger partial charge in [-0.3, -0.25) is 4.90 Å². The summed E-state index contributed by atoms with van der Waals surface area (Å²) in [6.45, 7) is 10.5. The van der Waals surface area contributed by atoms with Crippen molar-refractivity contribution >= 4 is 24.0 Å². The average molecular weight is 604 g/mol. The summed E-state index contributed by atoms with van der Waals surface area (Å²) in [6, 6.07) is 8.00. The minimum absolute atomic E-state index is 0.0980. The number of likely N-dealkylation sites (tertiary alicyclic amines) is 1. The Bertz CT molecular complexity index is 1310. The van der Waals surface area contributed by atoms with Crippen molar-refractivity contribution in [2.45, 2.75) is 64.0 Å². The van der Waals surface area contributed by atoms with Gasteiger partial charge in [-0.25, -0.2) is 0 Å². The van der Waals surface area contributed by atoms with Crippen molar-refractivity contribution in [1.29, 1.82) is 5.41 Å². The molecule has 0 radical (unpaired) electrons. The maximum Gasteiger partial charge on any atom is 0.418 e. The lowest BCUT2D eigenvalue weighted by Crippen LogP contribution is -2.36. The summed E-state index contributed by atoms with van der Waals surface area (Å²) in [4.78, 5) is 5.60. The first-order chi connectivity index (χ1) is 19.9. The molecule has 4 aliphatic rings. The maximum absolute atomic E-state index is 14.3. The molecule has 0 amide bonds. The van der Waals surface area contributed by atoms with Crippen LogP contribution in [0.5, 0.6) is 0 Å². The van der Waals surface area contributed by atoms with Crippen LogP contribution < -0.4 is 10.6 Å². The Hall–Kier alpha value is -2.98. The first kappa shape index (κ1) is 31.9. The fraction of sp³-hybridized carbons (Fsp3) is 0.469. The van der Waals surface area contributed by atoms with Gasteiger partial charge in [0.25, 0.3) is 0 Å². The van der Waals surface area contributed by atoms with Gasteiger partial charge in [0.1, 0.15) is 5.82 Å². The molecule has 5 rings (SSSR count). The van der Waals surface area contributed by atoms with Gasteiger partial charge in [0.05, 0.1) is 11.3 Å². The van der Waals surface area contributed by atoms with Crippen molar-refractivity contribution in [2.75, 3.05) is 30.8 Å². The first-order valence-electron chi connectivity index (χ1n) is 14.3. The molecule has 5 nitrogen and oxygen atoms in total. The Morgan fingerprint density at radius 3 is 2.52 bits per heavy atom. The van der Waals surface area contributed by atoms with E-state index >= 15 is 0 Å². The minimum atomic E-state index is -4.48. The predicted molar refractivity (Wildman–Crippen MR) is 165 cm³/mol. The molecule has 42 heavy (non-hydrogen) atoms. The number of allylic oxidation sites excluding steroid dienone is 3. The van der Waals surface area contributed by atoms with Crippen molar-refractivity contribution in [3.8, 4) is 0 Å². The molecule has 3 heterocycles. The van der Waals surface area contributed by atoms with E-state index < -0.39 is 11.7 Å². The van der Waals surface area contributed by atoms with Gasteiger partial charge < -0.3 is 20.9 Å². The maximum atomic E-state index is 14.3. The SMILES string of the molecule is C=C1N2C=C(CN3CCC[C@H](C)C3)C=C(C(F)(F)F)C2=CN1c1cccc(C2(C/C(N)=C(\C)C=N)CCC2)c1.CSF. The molecule has 1 saturated heterocycles. The van der Waals surface area contributed by atoms with E-state index in [4.69, 9.17) is 11.1 Å². The van der Waals surface area contributed by atoms with E-state index in [-0.39, 0.29) is 23.3 Å². The summed E-state index contributed by atoms with van der Waals surface area (Å²) in [5, 5.41) is 7.55. The number of benzene rings is 1. The lowest BCUT2D eigenvalue weighted by atomic mass is 9.62. The average Bonchev–Trinajstić information content (AvgIpc) is 3.25. The Morgan fingerprint density at radius 2 is 1.93 bits per heavy atom. The number of anilines is 1. The van der Waals surface area contributed by atoms with Gasteiger partial charge in [-0.05, 0) is 86.4 Å². The van der Waals surface area contributed by atoms with Crippen molar-refractivity contribution in [3.05, 3.63) is 88.8 Å². The normalized spacial score (nSPS) is 22.6. The fourth-order valence-corrected chi connectivity index (χ4v) is 6.30. The highest BCUT2D eigenvalue weighted by Crippen LogP contribution is 2.49. The van der Waals surface area contributed by atoms with Crippen LogP contribution in [0.4, 0.5) is 22.7 Å². The highest BCUT2D eigenvalue weighted by Gasteiger charge is 2.44. The number of piperidine rings is 1. The molecule has 1 aliphatic carbocycles. The van der Waals surface area contributed by atoms with Gasteiger partial charge in [-0.2, -0.15) is 17.1 Å². The van der Waals surface area contributed by atoms with Crippen molar-refractivity contribution in [2.24, 2.45) is 11.7 Å². The molecule has 3 aliphatic heterocycles. The summed E-state index contributed by atoms with van der Waals surface area (Å²) >= 11 is 0.250. The highest BCUT2D eigenvalue weighted by molar-refractivity contribution is 7.93. The van der Waals surface area contributed by atoms with E-state index in [9.17, 15) is 17.1 Å². The van der Waals surface area contributed by atoms with Crippen LogP contribution in [0, 0.1) is 11.3 Å². The van der Waals surface area contributed by atoms with E-state index in [1.54, 1.807) is 16.0 Å². The monoisotopic (exact) mass is 603 g/mol. The lowest BCUT2D eigenvalue weighted by molar-refractivity contribution is -0.0909. The zero-order valence-corrected chi connectivity index (χ0v) is 25.4. The largest absolute Gasteiger partial charge is 0.418 e. The van der Waals surface area contributed by atoms with E-state index in [1.807, 2.05) is 25.3 Å². The van der Waals surface area contributed by atoms with Gasteiger partial charge in [0.15, 0.2) is 0 Å². The molecule has 3 N–H and O–H groups in total. The quantitative estimate of drug-likeness (QED) is 0.243. The minimum Gasteiger partial charge on any atom is -0.402 e. The molecule has 0 aromatic heterocycles. The van der Waals surface area contributed by atoms with Crippen molar-refractivity contribution in [1.82, 2.24) is 9.80 Å². The Kier molecular flexibility index (Phi) is 9.98. The molecule has 2 fully saturated rings. The Morgan fingerprint density at radius 1 is 1.21 bits per heavy atom. The summed E-state index contributed by atoms with van der Waals surface area (Å²) in [5.41, 5.74) is 9.67. The van der Waals surface area contributed by atoms with Crippen LogP contribution in [-0.4, -0.2) is 48.1 Å². The second kappa shape index (κ2) is 13.1. The number of hydrogen-bond acceptors (Lipinski definition) is 6. The van der Waals surface area contributed by atoms with Crippen LogP contribution in [0.3, 0.4) is 0 Å². The number of nitrogens with two attached hydrogens (primary N) is 1. The lowest BCUT2D eigenvalue weighted by Gasteiger charge is -2.43. The summed E-state index contributed by atoms with van der Waals surface area (Å²) in [5.74, 6) is 1.02. The summed E-state index contributed by atoms with van der Waals surface area (Å²) in [7, 11) is 0. The molecule has 1 saturated carbocycles. The number of nitrogens with one attached hydrogen (secondary N) is 1. The van der Waals surface area contributed by atoms with Crippen LogP contribution in [-0.2, 0) is 5.41 Å². The topological polar surface area (TPSA) is 59.6 Å². The standard InChI is InChI=1S/C31H38F3N5.CH3FS/c1-21-7-5-12-37(17-21)18-24-13-27(31(32,33)34)29-20-38(23(3)39(29)19-24)26-9-4-8-25(14-26)30(10-6-11-30)15-28(36)22(2)16-35;1-3-2/h4,8-9,13-14,16,19-21,35H,3,5-7,10-12,15,17-18,36H2,1-2H3;1H3/b28-22-,35-16?;/t21-;/m0./s1. The smallest absolute Gasteiger partial charge is 0.402 e. The van der Waals surface area contributed by atoms with Crippen LogP contribution in [0.15, 0.2) is 83.3 Å². The molecule has 0 unspecified atom stereocenters. The molecule has 1 atom stereocenters. The van der Waals surface area contributed by atoms with Crippen LogP contribution >= 0.6 is 12.1 Å². The molecule has 1 aromatic rings. The highest BCUT2D eigenvalue weighted by atomic mass is 32.2. The van der Waals surface area contributed by atoms with Gasteiger partial charge in [0, 0.05) is 66.9 Å². The Labute approximate surface area is 251 Å². The summed E-state index contributed by atoms with van der Waals surface area (Å²) in [6.07, 6.45) is 8.80. The number of hydrogen-bond donors (Lipinski definition) is 2. The third kappa shape index (κ3) is 6.80. The zero-order valence-electron chi connectivity index (χ0n) is 24.6. The zero-order chi connectivity index (χ0) is 30.7. The molecule has 10 heteroatoms. The fourth-order valence-electron chi connectivity index (χ4n) is 6.30. The summed E-state index contributed by atoms with van der Waals surface area (Å²) < 4.78 is 53.1. The number of halogens is 4. The van der Waals surface area contributed by atoms with Crippen LogP contribution in [0.1, 0.15) is 57.9 Å². The van der Waals surface area contributed by atoms with Gasteiger partial charge >= 0.3 is 6.18 Å². The molecule has 228 valence electrons. The third-order valence-electron chi connectivity index (χ3n) is 8.72. The van der Waals surface area contributed by atoms with Gasteiger partial charge in [-0.1, -0.05) is 32.1 Å². The van der Waals surface area contributed by atoms with E-state index in [0.717, 1.165) is 62.0 Å². The van der Waals surface area contributed by atoms with E-state index in [0.29, 0.717) is 36.0 Å². The third-order valence-corrected chi connectivity index (χ3v) is 8.72. The number of rotatable bonds is 7. The Balaban J connectivity index is 0.00000129. The van der Waals surface area contributed by atoms with Crippen LogP contribution in [0.25, 0.3) is 0 Å². The molecule has 0 bridgehead atoms. The molecular formula is C32H41F4N5S. The van der Waals surface area contributed by atoms with E-state index in [1.165, 1.54) is 18.5 Å². The van der Waals surface area contributed by atoms with Crippen molar-refractivity contribution in [3.63, 3.8) is 0 Å². The first-order valence-corrected chi connectivity index (χ1v) is 15.5.